The molecule has 2 atom stereocenters. The molecule has 27 heavy (non-hydrogen) atoms. The predicted octanol–water partition coefficient (Wildman–Crippen LogP) is 6.66. The fraction of sp³-hybridized carbons (Fsp3) is 0.680. The molecule has 0 bridgehead atoms. The number of hydrogen-bond donors (Lipinski definition) is 2. The van der Waals surface area contributed by atoms with Crippen molar-refractivity contribution in [2.45, 2.75) is 98.0 Å². The van der Waals surface area contributed by atoms with Crippen LogP contribution in [0, 0.1) is 5.92 Å². The van der Waals surface area contributed by atoms with Crippen LogP contribution >= 0.6 is 0 Å². The number of allylic oxidation sites excluding steroid dienone is 6. The predicted molar refractivity (Wildman–Crippen MR) is 118 cm³/mol. The van der Waals surface area contributed by atoms with Crippen molar-refractivity contribution in [2.75, 3.05) is 6.61 Å². The van der Waals surface area contributed by atoms with Gasteiger partial charge in [-0.1, -0.05) is 53.5 Å². The molecule has 0 unspecified atom stereocenters. The first kappa shape index (κ1) is 23.9. The molecule has 0 saturated heterocycles. The second kappa shape index (κ2) is 12.4. The molecule has 0 aromatic rings. The summed E-state index contributed by atoms with van der Waals surface area (Å²) in [4.78, 5) is 0. The molecule has 0 aromatic carbocycles. The Kier molecular flexibility index (Phi) is 10.9. The van der Waals surface area contributed by atoms with Crippen LogP contribution in [0.25, 0.3) is 0 Å². The highest BCUT2D eigenvalue weighted by molar-refractivity contribution is 5.09. The lowest BCUT2D eigenvalue weighted by molar-refractivity contribution is -0.0197. The number of aliphatic hydroxyl groups excluding tert-OH is 1. The highest BCUT2D eigenvalue weighted by Crippen LogP contribution is 2.33. The van der Waals surface area contributed by atoms with Crippen molar-refractivity contribution in [3.63, 3.8) is 0 Å². The summed E-state index contributed by atoms with van der Waals surface area (Å²) >= 11 is 0. The fourth-order valence-corrected chi connectivity index (χ4v) is 3.63. The van der Waals surface area contributed by atoms with E-state index in [9.17, 15) is 5.11 Å². The van der Waals surface area contributed by atoms with Crippen LogP contribution in [0.4, 0.5) is 0 Å². The summed E-state index contributed by atoms with van der Waals surface area (Å²) in [6.07, 6.45) is 17.9. The van der Waals surface area contributed by atoms with Gasteiger partial charge in [0, 0.05) is 0 Å². The summed E-state index contributed by atoms with van der Waals surface area (Å²) in [5.74, 6) is 0.229. The molecule has 0 aromatic heterocycles. The molecule has 2 heteroatoms. The van der Waals surface area contributed by atoms with Gasteiger partial charge in [-0.3, -0.25) is 0 Å². The number of aliphatic hydroxyl groups is 2. The van der Waals surface area contributed by atoms with E-state index in [1.165, 1.54) is 16.7 Å². The van der Waals surface area contributed by atoms with E-state index in [-0.39, 0.29) is 12.5 Å². The molecule has 2 N–H and O–H groups in total. The van der Waals surface area contributed by atoms with Crippen molar-refractivity contribution in [3.05, 3.63) is 46.6 Å². The first-order chi connectivity index (χ1) is 12.8. The monoisotopic (exact) mass is 374 g/mol. The highest BCUT2D eigenvalue weighted by atomic mass is 16.3. The minimum absolute atomic E-state index is 0.124. The lowest BCUT2D eigenvalue weighted by Gasteiger charge is -2.34. The van der Waals surface area contributed by atoms with Crippen LogP contribution < -0.4 is 0 Å². The van der Waals surface area contributed by atoms with E-state index in [0.717, 1.165) is 63.4 Å². The van der Waals surface area contributed by atoms with Crippen molar-refractivity contribution in [2.24, 2.45) is 5.92 Å². The van der Waals surface area contributed by atoms with Crippen LogP contribution in [0.5, 0.6) is 0 Å². The van der Waals surface area contributed by atoms with Gasteiger partial charge in [-0.2, -0.15) is 0 Å². The van der Waals surface area contributed by atoms with E-state index in [1.807, 2.05) is 6.92 Å². The minimum atomic E-state index is -0.660. The maximum Gasteiger partial charge on any atom is 0.0710 e. The van der Waals surface area contributed by atoms with Crippen LogP contribution in [-0.4, -0.2) is 22.4 Å². The van der Waals surface area contributed by atoms with E-state index in [4.69, 9.17) is 5.11 Å². The van der Waals surface area contributed by atoms with Gasteiger partial charge in [0.2, 0.25) is 0 Å². The zero-order valence-corrected chi connectivity index (χ0v) is 18.4. The first-order valence-corrected chi connectivity index (χ1v) is 10.7. The van der Waals surface area contributed by atoms with Gasteiger partial charge >= 0.3 is 0 Å². The van der Waals surface area contributed by atoms with Crippen molar-refractivity contribution in [3.8, 4) is 0 Å². The molecular weight excluding hydrogens is 332 g/mol. The topological polar surface area (TPSA) is 40.5 Å². The zero-order chi connectivity index (χ0) is 20.3. The third kappa shape index (κ3) is 9.58. The summed E-state index contributed by atoms with van der Waals surface area (Å²) in [6, 6.07) is 0. The first-order valence-electron chi connectivity index (χ1n) is 10.7. The molecule has 1 aliphatic rings. The van der Waals surface area contributed by atoms with Gasteiger partial charge in [-0.15, -0.1) is 0 Å². The van der Waals surface area contributed by atoms with Crippen LogP contribution in [-0.2, 0) is 0 Å². The van der Waals surface area contributed by atoms with Crippen LogP contribution in [0.1, 0.15) is 92.4 Å². The number of hydrogen-bond acceptors (Lipinski definition) is 2. The van der Waals surface area contributed by atoms with Crippen molar-refractivity contribution in [1.29, 1.82) is 0 Å². The van der Waals surface area contributed by atoms with E-state index in [0.29, 0.717) is 0 Å². The van der Waals surface area contributed by atoms with Crippen molar-refractivity contribution < 1.29 is 10.2 Å². The molecule has 0 fully saturated rings. The smallest absolute Gasteiger partial charge is 0.0710 e. The maximum atomic E-state index is 11.5. The van der Waals surface area contributed by atoms with Gasteiger partial charge in [-0.05, 0) is 91.4 Å². The van der Waals surface area contributed by atoms with Gasteiger partial charge in [0.1, 0.15) is 0 Å². The zero-order valence-electron chi connectivity index (χ0n) is 18.4. The van der Waals surface area contributed by atoms with E-state index < -0.39 is 5.60 Å². The van der Waals surface area contributed by atoms with E-state index >= 15 is 0 Å². The Morgan fingerprint density at radius 1 is 1.04 bits per heavy atom. The van der Waals surface area contributed by atoms with Gasteiger partial charge < -0.3 is 10.2 Å². The average molecular weight is 375 g/mol. The van der Waals surface area contributed by atoms with Crippen molar-refractivity contribution >= 4 is 0 Å². The molecule has 2 nitrogen and oxygen atoms in total. The SMILES string of the molecule is C/C1=C/C[C@](O)([C@H](C)CC/C=C(\C)CO)CC/C(C)=C/CC/C(C)=C/CC1. The summed E-state index contributed by atoms with van der Waals surface area (Å²) in [5, 5.41) is 20.7. The lowest BCUT2D eigenvalue weighted by Crippen LogP contribution is -2.36. The molecule has 1 aliphatic carbocycles. The molecule has 154 valence electrons. The van der Waals surface area contributed by atoms with Gasteiger partial charge in [0.05, 0.1) is 12.2 Å². The normalized spacial score (nSPS) is 30.9. The Hall–Kier alpha value is -1.12. The molecule has 0 radical (unpaired) electrons. The third-order valence-corrected chi connectivity index (χ3v) is 6.08. The van der Waals surface area contributed by atoms with Crippen molar-refractivity contribution in [1.82, 2.24) is 0 Å². The Morgan fingerprint density at radius 3 is 2.19 bits per heavy atom. The Morgan fingerprint density at radius 2 is 1.59 bits per heavy atom. The maximum absolute atomic E-state index is 11.5. The average Bonchev–Trinajstić information content (AvgIpc) is 2.63. The molecule has 0 amide bonds. The Bertz CT molecular complexity index is 565. The third-order valence-electron chi connectivity index (χ3n) is 6.08. The molecular formula is C25H42O2. The molecule has 0 saturated carbocycles. The second-order valence-electron chi connectivity index (χ2n) is 8.72. The highest BCUT2D eigenvalue weighted by Gasteiger charge is 2.31. The summed E-state index contributed by atoms with van der Waals surface area (Å²) in [5.41, 5.74) is 4.61. The van der Waals surface area contributed by atoms with E-state index in [1.54, 1.807) is 0 Å². The van der Waals surface area contributed by atoms with Crippen LogP contribution in [0.3, 0.4) is 0 Å². The van der Waals surface area contributed by atoms with Crippen LogP contribution in [0.2, 0.25) is 0 Å². The molecule has 0 heterocycles. The molecule has 0 aliphatic heterocycles. The largest absolute Gasteiger partial charge is 0.392 e. The molecule has 0 spiro atoms. The quantitative estimate of drug-likeness (QED) is 0.528. The summed E-state index contributed by atoms with van der Waals surface area (Å²) < 4.78 is 0. The van der Waals surface area contributed by atoms with E-state index in [2.05, 4.69) is 52.0 Å². The standard InChI is InChI=1S/C25H42O2/c1-20-9-6-11-21(2)15-17-25(27,18-16-22(3)12-7-10-20)24(5)14-8-13-23(4)19-26/h9,12-13,15,24,26-27H,6-8,10-11,14,16-19H2,1-5H3/b20-9+,21-15-,22-12+,23-13+/t24-,25-/m1/s1. The fourth-order valence-electron chi connectivity index (χ4n) is 3.63. The van der Waals surface area contributed by atoms with Gasteiger partial charge in [-0.25, -0.2) is 0 Å². The Labute approximate surface area is 167 Å². The van der Waals surface area contributed by atoms with Gasteiger partial charge in [0.25, 0.3) is 0 Å². The lowest BCUT2D eigenvalue weighted by atomic mass is 9.78. The molecule has 1 rings (SSSR count). The second-order valence-corrected chi connectivity index (χ2v) is 8.72. The van der Waals surface area contributed by atoms with Crippen LogP contribution in [0.15, 0.2) is 46.6 Å². The summed E-state index contributed by atoms with van der Waals surface area (Å²) in [6.45, 7) is 10.9. The van der Waals surface area contributed by atoms with Gasteiger partial charge in [0.15, 0.2) is 0 Å². The number of rotatable bonds is 5. The minimum Gasteiger partial charge on any atom is -0.392 e. The summed E-state index contributed by atoms with van der Waals surface area (Å²) in [7, 11) is 0. The Balaban J connectivity index is 2.89.